The van der Waals surface area contributed by atoms with Crippen LogP contribution in [0.25, 0.3) is 21.9 Å². The van der Waals surface area contributed by atoms with Crippen molar-refractivity contribution in [1.82, 2.24) is 4.98 Å². The van der Waals surface area contributed by atoms with Crippen LogP contribution in [0.4, 0.5) is 5.69 Å². The van der Waals surface area contributed by atoms with Gasteiger partial charge in [-0.15, -0.1) is 0 Å². The molecule has 0 fully saturated rings. The molecular weight excluding hydrogens is 344 g/mol. The minimum Gasteiger partial charge on any atom is -0.322 e. The van der Waals surface area contributed by atoms with E-state index in [-0.39, 0.29) is 5.91 Å². The van der Waals surface area contributed by atoms with E-state index in [2.05, 4.69) is 16.4 Å². The molecule has 0 unspecified atom stereocenters. The van der Waals surface area contributed by atoms with Crippen LogP contribution >= 0.6 is 11.6 Å². The second kappa shape index (κ2) is 6.98. The van der Waals surface area contributed by atoms with Crippen molar-refractivity contribution < 1.29 is 4.79 Å². The number of amides is 1. The van der Waals surface area contributed by atoms with Gasteiger partial charge in [0.2, 0.25) is 0 Å². The number of pyridine rings is 1. The normalized spacial score (nSPS) is 10.7. The average Bonchev–Trinajstić information content (AvgIpc) is 2.69. The Hall–Kier alpha value is -3.17. The van der Waals surface area contributed by atoms with Gasteiger partial charge in [0.1, 0.15) is 0 Å². The fraction of sp³-hybridized carbons (Fsp3) is 0. The molecule has 4 rings (SSSR count). The highest BCUT2D eigenvalue weighted by atomic mass is 35.5. The highest BCUT2D eigenvalue weighted by Crippen LogP contribution is 2.27. The number of nitrogens with zero attached hydrogens (tertiary/aromatic N) is 1. The Kier molecular flexibility index (Phi) is 4.38. The van der Waals surface area contributed by atoms with Crippen molar-refractivity contribution in [2.24, 2.45) is 0 Å². The molecule has 0 aliphatic carbocycles. The lowest BCUT2D eigenvalue weighted by atomic mass is 10.00. The lowest BCUT2D eigenvalue weighted by Crippen LogP contribution is -2.11. The van der Waals surface area contributed by atoms with Crippen molar-refractivity contribution in [3.05, 3.63) is 95.8 Å². The van der Waals surface area contributed by atoms with Crippen LogP contribution < -0.4 is 5.32 Å². The Morgan fingerprint density at radius 3 is 2.35 bits per heavy atom. The number of carbonyl (C=O) groups is 1. The van der Waals surface area contributed by atoms with Crippen molar-refractivity contribution in [1.29, 1.82) is 0 Å². The summed E-state index contributed by atoms with van der Waals surface area (Å²) >= 11 is 5.86. The molecule has 0 saturated heterocycles. The number of benzene rings is 3. The maximum Gasteiger partial charge on any atom is 0.255 e. The molecule has 0 bridgehead atoms. The molecule has 0 saturated carbocycles. The largest absolute Gasteiger partial charge is 0.322 e. The van der Waals surface area contributed by atoms with E-state index in [1.807, 2.05) is 54.9 Å². The Labute approximate surface area is 156 Å². The summed E-state index contributed by atoms with van der Waals surface area (Å²) in [5.41, 5.74) is 3.38. The van der Waals surface area contributed by atoms with Gasteiger partial charge >= 0.3 is 0 Å². The predicted molar refractivity (Wildman–Crippen MR) is 107 cm³/mol. The summed E-state index contributed by atoms with van der Waals surface area (Å²) < 4.78 is 0. The summed E-state index contributed by atoms with van der Waals surface area (Å²) in [4.78, 5) is 16.7. The van der Waals surface area contributed by atoms with Crippen molar-refractivity contribution in [3.63, 3.8) is 0 Å². The summed E-state index contributed by atoms with van der Waals surface area (Å²) in [6.07, 6.45) is 3.71. The van der Waals surface area contributed by atoms with Gasteiger partial charge in [0, 0.05) is 39.6 Å². The molecule has 1 aromatic heterocycles. The quantitative estimate of drug-likeness (QED) is 0.502. The first-order valence-corrected chi connectivity index (χ1v) is 8.58. The van der Waals surface area contributed by atoms with Gasteiger partial charge in [0.05, 0.1) is 0 Å². The molecule has 1 heterocycles. The fourth-order valence-electron chi connectivity index (χ4n) is 2.88. The third-order valence-corrected chi connectivity index (χ3v) is 4.48. The van der Waals surface area contributed by atoms with E-state index in [0.717, 1.165) is 21.9 Å². The van der Waals surface area contributed by atoms with Crippen LogP contribution in [0, 0.1) is 0 Å². The minimum absolute atomic E-state index is 0.157. The van der Waals surface area contributed by atoms with Gasteiger partial charge in [-0.25, -0.2) is 0 Å². The van der Waals surface area contributed by atoms with Crippen LogP contribution in [0.5, 0.6) is 0 Å². The monoisotopic (exact) mass is 358 g/mol. The van der Waals surface area contributed by atoms with Crippen LogP contribution in [0.15, 0.2) is 85.2 Å². The molecule has 0 aliphatic heterocycles. The van der Waals surface area contributed by atoms with Crippen LogP contribution in [-0.4, -0.2) is 10.9 Å². The van der Waals surface area contributed by atoms with Gasteiger partial charge in [-0.05, 0) is 47.3 Å². The predicted octanol–water partition coefficient (Wildman–Crippen LogP) is 5.81. The summed E-state index contributed by atoms with van der Waals surface area (Å²) in [5, 5.41) is 5.73. The van der Waals surface area contributed by atoms with Gasteiger partial charge in [-0.3, -0.25) is 9.78 Å². The Balaban J connectivity index is 1.60. The molecular formula is C22H15ClN2O. The molecule has 26 heavy (non-hydrogen) atoms. The fourth-order valence-corrected chi connectivity index (χ4v) is 3.01. The molecule has 0 spiro atoms. The van der Waals surface area contributed by atoms with Gasteiger partial charge in [-0.1, -0.05) is 48.0 Å². The van der Waals surface area contributed by atoms with E-state index in [9.17, 15) is 4.79 Å². The molecule has 1 N–H and O–H groups in total. The molecule has 4 heteroatoms. The summed E-state index contributed by atoms with van der Waals surface area (Å²) in [5.74, 6) is -0.157. The number of carbonyl (C=O) groups excluding carboxylic acids is 1. The third kappa shape index (κ3) is 3.30. The summed E-state index contributed by atoms with van der Waals surface area (Å²) in [6, 6.07) is 22.7. The van der Waals surface area contributed by atoms with E-state index in [4.69, 9.17) is 11.6 Å². The van der Waals surface area contributed by atoms with Gasteiger partial charge in [0.15, 0.2) is 0 Å². The number of hydrogen-bond acceptors (Lipinski definition) is 2. The van der Waals surface area contributed by atoms with Crippen molar-refractivity contribution in [2.45, 2.75) is 0 Å². The number of hydrogen-bond donors (Lipinski definition) is 1. The number of fused-ring (bicyclic) bond motifs is 1. The van der Waals surface area contributed by atoms with E-state index in [0.29, 0.717) is 16.3 Å². The van der Waals surface area contributed by atoms with Crippen molar-refractivity contribution >= 4 is 34.0 Å². The number of halogens is 1. The zero-order valence-corrected chi connectivity index (χ0v) is 14.6. The van der Waals surface area contributed by atoms with E-state index in [1.54, 1.807) is 24.3 Å². The van der Waals surface area contributed by atoms with E-state index in [1.165, 1.54) is 0 Å². The first kappa shape index (κ1) is 16.3. The minimum atomic E-state index is -0.157. The second-order valence-corrected chi connectivity index (χ2v) is 6.38. The maximum atomic E-state index is 12.4. The van der Waals surface area contributed by atoms with Crippen molar-refractivity contribution in [3.8, 4) is 11.1 Å². The number of rotatable bonds is 3. The number of nitrogens with one attached hydrogen (secondary N) is 1. The number of anilines is 1. The second-order valence-electron chi connectivity index (χ2n) is 5.95. The molecule has 1 amide bonds. The first-order valence-electron chi connectivity index (χ1n) is 8.21. The van der Waals surface area contributed by atoms with Gasteiger partial charge < -0.3 is 5.32 Å². The van der Waals surface area contributed by atoms with Crippen LogP contribution in [0.1, 0.15) is 10.4 Å². The van der Waals surface area contributed by atoms with Gasteiger partial charge in [0.25, 0.3) is 5.91 Å². The Morgan fingerprint density at radius 2 is 1.58 bits per heavy atom. The van der Waals surface area contributed by atoms with Crippen LogP contribution in [0.2, 0.25) is 5.02 Å². The summed E-state index contributed by atoms with van der Waals surface area (Å²) in [7, 11) is 0. The molecule has 0 radical (unpaired) electrons. The molecule has 0 atom stereocenters. The Morgan fingerprint density at radius 1 is 0.846 bits per heavy atom. The van der Waals surface area contributed by atoms with Gasteiger partial charge in [-0.2, -0.15) is 0 Å². The zero-order chi connectivity index (χ0) is 17.9. The van der Waals surface area contributed by atoms with E-state index < -0.39 is 0 Å². The number of aromatic nitrogens is 1. The summed E-state index contributed by atoms with van der Waals surface area (Å²) in [6.45, 7) is 0. The molecule has 0 aliphatic rings. The average molecular weight is 359 g/mol. The smallest absolute Gasteiger partial charge is 0.255 e. The lowest BCUT2D eigenvalue weighted by Gasteiger charge is -2.08. The molecule has 3 nitrogen and oxygen atoms in total. The van der Waals surface area contributed by atoms with Crippen LogP contribution in [-0.2, 0) is 0 Å². The highest BCUT2D eigenvalue weighted by molar-refractivity contribution is 6.30. The first-order chi connectivity index (χ1) is 12.7. The van der Waals surface area contributed by atoms with Crippen LogP contribution in [0.3, 0.4) is 0 Å². The third-order valence-electron chi connectivity index (χ3n) is 4.23. The zero-order valence-electron chi connectivity index (χ0n) is 13.8. The SMILES string of the molecule is O=C(Nc1ccc(Cl)cc1)c1ccc(-c2cncc3ccccc23)cc1. The molecule has 4 aromatic rings. The van der Waals surface area contributed by atoms with Crippen molar-refractivity contribution in [2.75, 3.05) is 5.32 Å². The maximum absolute atomic E-state index is 12.4. The van der Waals surface area contributed by atoms with E-state index >= 15 is 0 Å². The topological polar surface area (TPSA) is 42.0 Å². The highest BCUT2D eigenvalue weighted by Gasteiger charge is 2.08. The molecule has 3 aromatic carbocycles. The molecule has 126 valence electrons. The lowest BCUT2D eigenvalue weighted by molar-refractivity contribution is 0.102. The Bertz CT molecular complexity index is 1070. The standard InChI is InChI=1S/C22H15ClN2O/c23-18-9-11-19(12-10-18)25-22(26)16-7-5-15(6-8-16)21-14-24-13-17-3-1-2-4-20(17)21/h1-14H,(H,25,26).